The van der Waals surface area contributed by atoms with Gasteiger partial charge in [0.25, 0.3) is 0 Å². The largest absolute Gasteiger partial charge is 0.465 e. The van der Waals surface area contributed by atoms with E-state index < -0.39 is 5.82 Å². The molecule has 2 aromatic rings. The lowest BCUT2D eigenvalue weighted by Gasteiger charge is -2.26. The predicted molar refractivity (Wildman–Crippen MR) is 119 cm³/mol. The van der Waals surface area contributed by atoms with Crippen molar-refractivity contribution in [1.82, 2.24) is 4.98 Å². The standard InChI is InChI=1S/C20H23ClFN3O3S2/c1-2-28-17(26)12-29-18-10-23-19(30-18)24-20(27)25(11-13-5-3-4-6-13)14-7-8-16(22)15(21)9-14/h7-10,13H,2-6,11-12H2,1H3,(H,23,24,27). The Kier molecular flexibility index (Phi) is 8.35. The first-order chi connectivity index (χ1) is 14.5. The highest BCUT2D eigenvalue weighted by molar-refractivity contribution is 8.01. The van der Waals surface area contributed by atoms with Gasteiger partial charge < -0.3 is 4.74 Å². The van der Waals surface area contributed by atoms with Crippen molar-refractivity contribution in [2.75, 3.05) is 29.1 Å². The number of urea groups is 1. The van der Waals surface area contributed by atoms with Crippen molar-refractivity contribution in [2.24, 2.45) is 5.92 Å². The molecule has 10 heteroatoms. The van der Waals surface area contributed by atoms with E-state index >= 15 is 0 Å². The van der Waals surface area contributed by atoms with Crippen LogP contribution in [0.15, 0.2) is 28.6 Å². The van der Waals surface area contributed by atoms with E-state index in [4.69, 9.17) is 16.3 Å². The number of aromatic nitrogens is 1. The molecule has 0 radical (unpaired) electrons. The molecule has 1 saturated carbocycles. The molecule has 2 amide bonds. The summed E-state index contributed by atoms with van der Waals surface area (Å²) in [4.78, 5) is 30.3. The van der Waals surface area contributed by atoms with E-state index in [2.05, 4.69) is 10.3 Å². The Bertz CT molecular complexity index is 890. The van der Waals surface area contributed by atoms with Crippen molar-refractivity contribution in [3.63, 3.8) is 0 Å². The maximum atomic E-state index is 13.6. The third-order valence-electron chi connectivity index (χ3n) is 4.71. The van der Waals surface area contributed by atoms with Gasteiger partial charge in [0, 0.05) is 12.2 Å². The summed E-state index contributed by atoms with van der Waals surface area (Å²) in [7, 11) is 0. The van der Waals surface area contributed by atoms with Crippen LogP contribution in [0.5, 0.6) is 0 Å². The number of benzene rings is 1. The summed E-state index contributed by atoms with van der Waals surface area (Å²) in [5, 5.41) is 3.21. The number of hydrogen-bond acceptors (Lipinski definition) is 6. The molecule has 0 unspecified atom stereocenters. The van der Waals surface area contributed by atoms with Gasteiger partial charge in [-0.2, -0.15) is 0 Å². The Morgan fingerprint density at radius 1 is 1.40 bits per heavy atom. The average molecular weight is 472 g/mol. The van der Waals surface area contributed by atoms with Gasteiger partial charge in [0.15, 0.2) is 5.13 Å². The second kappa shape index (κ2) is 11.0. The number of thiazole rings is 1. The second-order valence-electron chi connectivity index (χ2n) is 6.87. The van der Waals surface area contributed by atoms with Crippen LogP contribution in [0.25, 0.3) is 0 Å². The highest BCUT2D eigenvalue weighted by Gasteiger charge is 2.24. The van der Waals surface area contributed by atoms with E-state index in [0.29, 0.717) is 29.9 Å². The molecular weight excluding hydrogens is 449 g/mol. The lowest BCUT2D eigenvalue weighted by atomic mass is 10.1. The molecule has 3 rings (SSSR count). The van der Waals surface area contributed by atoms with Crippen LogP contribution in [-0.4, -0.2) is 35.9 Å². The summed E-state index contributed by atoms with van der Waals surface area (Å²) in [5.41, 5.74) is 0.541. The molecule has 0 atom stereocenters. The summed E-state index contributed by atoms with van der Waals surface area (Å²) in [6.07, 6.45) is 6.03. The number of hydrogen-bond donors (Lipinski definition) is 1. The fourth-order valence-corrected chi connectivity index (χ4v) is 5.12. The summed E-state index contributed by atoms with van der Waals surface area (Å²) in [6.45, 7) is 2.63. The molecule has 1 aromatic heterocycles. The third-order valence-corrected chi connectivity index (χ3v) is 7.08. The van der Waals surface area contributed by atoms with Crippen LogP contribution < -0.4 is 10.2 Å². The molecule has 1 aliphatic rings. The monoisotopic (exact) mass is 471 g/mol. The van der Waals surface area contributed by atoms with Gasteiger partial charge in [-0.25, -0.2) is 14.2 Å². The van der Waals surface area contributed by atoms with E-state index in [-0.39, 0.29) is 22.8 Å². The molecular formula is C20H23ClFN3O3S2. The van der Waals surface area contributed by atoms with E-state index in [1.807, 2.05) is 0 Å². The zero-order valence-corrected chi connectivity index (χ0v) is 18.9. The van der Waals surface area contributed by atoms with E-state index in [9.17, 15) is 14.0 Å². The highest BCUT2D eigenvalue weighted by Crippen LogP contribution is 2.31. The van der Waals surface area contributed by atoms with Crippen molar-refractivity contribution in [2.45, 2.75) is 36.8 Å². The van der Waals surface area contributed by atoms with Crippen molar-refractivity contribution < 1.29 is 18.7 Å². The maximum absolute atomic E-state index is 13.6. The minimum absolute atomic E-state index is 0.0244. The van der Waals surface area contributed by atoms with Gasteiger partial charge in [0.2, 0.25) is 0 Å². The molecule has 1 aliphatic carbocycles. The van der Waals surface area contributed by atoms with E-state index in [1.165, 1.54) is 35.2 Å². The first kappa shape index (κ1) is 22.8. The lowest BCUT2D eigenvalue weighted by molar-refractivity contribution is -0.139. The van der Waals surface area contributed by atoms with Crippen molar-refractivity contribution in [3.8, 4) is 0 Å². The van der Waals surface area contributed by atoms with E-state index in [0.717, 1.165) is 29.9 Å². The molecule has 1 heterocycles. The van der Waals surface area contributed by atoms with Gasteiger partial charge in [-0.15, -0.1) is 11.8 Å². The van der Waals surface area contributed by atoms with Gasteiger partial charge in [-0.05, 0) is 43.9 Å². The Hall–Kier alpha value is -1.84. The minimum atomic E-state index is -0.523. The van der Waals surface area contributed by atoms with Crippen molar-refractivity contribution >= 4 is 57.5 Å². The summed E-state index contributed by atoms with van der Waals surface area (Å²) in [5.74, 6) is -0.237. The summed E-state index contributed by atoms with van der Waals surface area (Å²) in [6, 6.07) is 3.94. The van der Waals surface area contributed by atoms with E-state index in [1.54, 1.807) is 24.1 Å². The topological polar surface area (TPSA) is 71.5 Å². The van der Waals surface area contributed by atoms with Crippen LogP contribution in [0.4, 0.5) is 20.0 Å². The van der Waals surface area contributed by atoms with Crippen LogP contribution in [0.1, 0.15) is 32.6 Å². The lowest BCUT2D eigenvalue weighted by Crippen LogP contribution is -2.38. The molecule has 0 spiro atoms. The fourth-order valence-electron chi connectivity index (χ4n) is 3.29. The SMILES string of the molecule is CCOC(=O)CSc1cnc(NC(=O)N(CC2CCCC2)c2ccc(F)c(Cl)c2)s1. The first-order valence-corrected chi connectivity index (χ1v) is 11.9. The number of anilines is 2. The molecule has 1 fully saturated rings. The zero-order chi connectivity index (χ0) is 21.5. The molecule has 6 nitrogen and oxygen atoms in total. The van der Waals surface area contributed by atoms with Gasteiger partial charge >= 0.3 is 12.0 Å². The molecule has 0 aliphatic heterocycles. The molecule has 1 aromatic carbocycles. The van der Waals surface area contributed by atoms with Crippen molar-refractivity contribution in [1.29, 1.82) is 0 Å². The van der Waals surface area contributed by atoms with Crippen molar-refractivity contribution in [3.05, 3.63) is 35.2 Å². The number of thioether (sulfide) groups is 1. The number of halogens is 2. The second-order valence-corrected chi connectivity index (χ2v) is 9.58. The number of carbonyl (C=O) groups is 2. The molecule has 0 saturated heterocycles. The maximum Gasteiger partial charge on any atom is 0.328 e. The predicted octanol–water partition coefficient (Wildman–Crippen LogP) is 5.82. The molecule has 0 bridgehead atoms. The van der Waals surface area contributed by atoms with Crippen LogP contribution in [-0.2, 0) is 9.53 Å². The first-order valence-electron chi connectivity index (χ1n) is 9.74. The van der Waals surface area contributed by atoms with Crippen LogP contribution >= 0.6 is 34.7 Å². The fraction of sp³-hybridized carbons (Fsp3) is 0.450. The number of esters is 1. The number of rotatable bonds is 8. The number of nitrogens with zero attached hydrogens (tertiary/aromatic N) is 2. The quantitative estimate of drug-likeness (QED) is 0.388. The van der Waals surface area contributed by atoms with Gasteiger partial charge in [-0.1, -0.05) is 35.8 Å². The normalized spacial score (nSPS) is 14.0. The number of carbonyl (C=O) groups excluding carboxylic acids is 2. The molecule has 1 N–H and O–H groups in total. The van der Waals surface area contributed by atoms with Gasteiger partial charge in [0.05, 0.1) is 27.8 Å². The van der Waals surface area contributed by atoms with Crippen LogP contribution in [0.3, 0.4) is 0 Å². The molecule has 30 heavy (non-hydrogen) atoms. The number of nitrogens with one attached hydrogen (secondary N) is 1. The Morgan fingerprint density at radius 3 is 2.87 bits per heavy atom. The third kappa shape index (κ3) is 6.33. The average Bonchev–Trinajstić information content (AvgIpc) is 3.39. The van der Waals surface area contributed by atoms with Crippen LogP contribution in [0, 0.1) is 11.7 Å². The number of amides is 2. The Labute approximate surface area is 188 Å². The van der Waals surface area contributed by atoms with Crippen LogP contribution in [0.2, 0.25) is 5.02 Å². The molecule has 162 valence electrons. The smallest absolute Gasteiger partial charge is 0.328 e. The highest BCUT2D eigenvalue weighted by atomic mass is 35.5. The Balaban J connectivity index is 1.68. The zero-order valence-electron chi connectivity index (χ0n) is 16.5. The summed E-state index contributed by atoms with van der Waals surface area (Å²) >= 11 is 8.53. The summed E-state index contributed by atoms with van der Waals surface area (Å²) < 4.78 is 19.3. The van der Waals surface area contributed by atoms with Gasteiger partial charge in [-0.3, -0.25) is 15.0 Å². The van der Waals surface area contributed by atoms with Gasteiger partial charge in [0.1, 0.15) is 5.82 Å². The Morgan fingerprint density at radius 2 is 2.17 bits per heavy atom. The minimum Gasteiger partial charge on any atom is -0.465 e. The number of ether oxygens (including phenoxy) is 1.